The Labute approximate surface area is 64.6 Å². The van der Waals surface area contributed by atoms with Crippen LogP contribution in [0.5, 0.6) is 0 Å². The van der Waals surface area contributed by atoms with Crippen molar-refractivity contribution >= 4 is 0 Å². The van der Waals surface area contributed by atoms with Crippen LogP contribution in [0.3, 0.4) is 0 Å². The van der Waals surface area contributed by atoms with Gasteiger partial charge in [-0.25, -0.2) is 0 Å². The molecule has 0 aliphatic rings. The molecule has 0 aromatic carbocycles. The predicted octanol–water partition coefficient (Wildman–Crippen LogP) is 1.39. The molecule has 2 nitrogen and oxygen atoms in total. The summed E-state index contributed by atoms with van der Waals surface area (Å²) < 4.78 is 0. The SMILES string of the molecule is CCCCC(C)O.CNC. The van der Waals surface area contributed by atoms with Gasteiger partial charge in [-0.05, 0) is 27.4 Å². The number of hydrogen-bond donors (Lipinski definition) is 2. The number of aliphatic hydroxyl groups excluding tert-OH is 1. The molecule has 0 rings (SSSR count). The first-order valence-corrected chi connectivity index (χ1v) is 3.95. The van der Waals surface area contributed by atoms with Crippen molar-refractivity contribution < 1.29 is 5.11 Å². The van der Waals surface area contributed by atoms with Crippen molar-refractivity contribution in [3.63, 3.8) is 0 Å². The second kappa shape index (κ2) is 11.7. The number of hydrogen-bond acceptors (Lipinski definition) is 2. The van der Waals surface area contributed by atoms with E-state index in [-0.39, 0.29) is 6.10 Å². The maximum atomic E-state index is 8.68. The smallest absolute Gasteiger partial charge is 0.0512 e. The summed E-state index contributed by atoms with van der Waals surface area (Å²) in [5, 5.41) is 11.4. The van der Waals surface area contributed by atoms with E-state index < -0.39 is 0 Å². The summed E-state index contributed by atoms with van der Waals surface area (Å²) in [6.07, 6.45) is 3.19. The van der Waals surface area contributed by atoms with Crippen molar-refractivity contribution in [2.75, 3.05) is 14.1 Å². The second-order valence-corrected chi connectivity index (χ2v) is 2.49. The van der Waals surface area contributed by atoms with E-state index in [1.54, 1.807) is 0 Å². The molecule has 10 heavy (non-hydrogen) atoms. The van der Waals surface area contributed by atoms with Crippen LogP contribution in [0.2, 0.25) is 0 Å². The van der Waals surface area contributed by atoms with Gasteiger partial charge in [-0.1, -0.05) is 19.8 Å². The van der Waals surface area contributed by atoms with Gasteiger partial charge in [-0.2, -0.15) is 0 Å². The molecule has 0 aromatic rings. The van der Waals surface area contributed by atoms with Gasteiger partial charge < -0.3 is 10.4 Å². The molecule has 64 valence electrons. The number of nitrogens with one attached hydrogen (secondary N) is 1. The lowest BCUT2D eigenvalue weighted by molar-refractivity contribution is 0.181. The van der Waals surface area contributed by atoms with Gasteiger partial charge in [-0.3, -0.25) is 0 Å². The van der Waals surface area contributed by atoms with Crippen LogP contribution in [0.1, 0.15) is 33.1 Å². The average Bonchev–Trinajstić information content (AvgIpc) is 1.85. The van der Waals surface area contributed by atoms with Crippen LogP contribution in [0, 0.1) is 0 Å². The highest BCUT2D eigenvalue weighted by atomic mass is 16.3. The summed E-state index contributed by atoms with van der Waals surface area (Å²) >= 11 is 0. The van der Waals surface area contributed by atoms with E-state index in [0.717, 1.165) is 12.8 Å². The van der Waals surface area contributed by atoms with E-state index in [0.29, 0.717) is 0 Å². The first-order valence-electron chi connectivity index (χ1n) is 3.95. The third-order valence-corrected chi connectivity index (χ3v) is 0.975. The summed E-state index contributed by atoms with van der Waals surface area (Å²) in [4.78, 5) is 0. The second-order valence-electron chi connectivity index (χ2n) is 2.49. The Kier molecular flexibility index (Phi) is 14.7. The Morgan fingerprint density at radius 2 is 1.80 bits per heavy atom. The molecule has 0 spiro atoms. The zero-order valence-corrected chi connectivity index (χ0v) is 7.65. The summed E-state index contributed by atoms with van der Waals surface area (Å²) in [7, 11) is 3.75. The van der Waals surface area contributed by atoms with E-state index in [2.05, 4.69) is 12.2 Å². The first-order chi connectivity index (χ1) is 4.68. The lowest BCUT2D eigenvalue weighted by Crippen LogP contribution is -1.97. The van der Waals surface area contributed by atoms with Gasteiger partial charge >= 0.3 is 0 Å². The van der Waals surface area contributed by atoms with E-state index in [4.69, 9.17) is 5.11 Å². The van der Waals surface area contributed by atoms with Crippen LogP contribution in [-0.4, -0.2) is 25.3 Å². The lowest BCUT2D eigenvalue weighted by atomic mass is 10.2. The maximum absolute atomic E-state index is 8.68. The first kappa shape index (κ1) is 12.6. The van der Waals surface area contributed by atoms with Crippen molar-refractivity contribution in [1.82, 2.24) is 5.32 Å². The van der Waals surface area contributed by atoms with Crippen molar-refractivity contribution in [1.29, 1.82) is 0 Å². The Balaban J connectivity index is 0. The molecule has 1 atom stereocenters. The van der Waals surface area contributed by atoms with E-state index in [9.17, 15) is 0 Å². The standard InChI is InChI=1S/C6H14O.C2H7N/c1-3-4-5-6(2)7;1-3-2/h6-7H,3-5H2,1-2H3;3H,1-2H3. The zero-order valence-electron chi connectivity index (χ0n) is 7.65. The van der Waals surface area contributed by atoms with Crippen LogP contribution >= 0.6 is 0 Å². The summed E-state index contributed by atoms with van der Waals surface area (Å²) in [6.45, 7) is 3.96. The Morgan fingerprint density at radius 3 is 1.90 bits per heavy atom. The molecule has 0 aliphatic heterocycles. The number of unbranched alkanes of at least 4 members (excludes halogenated alkanes) is 1. The van der Waals surface area contributed by atoms with Gasteiger partial charge in [0.1, 0.15) is 0 Å². The fourth-order valence-corrected chi connectivity index (χ4v) is 0.500. The monoisotopic (exact) mass is 147 g/mol. The normalized spacial score (nSPS) is 11.7. The molecule has 0 saturated carbocycles. The van der Waals surface area contributed by atoms with Crippen molar-refractivity contribution in [2.45, 2.75) is 39.2 Å². The fourth-order valence-electron chi connectivity index (χ4n) is 0.500. The molecule has 0 aromatic heterocycles. The minimum Gasteiger partial charge on any atom is -0.393 e. The molecular formula is C8H21NO. The van der Waals surface area contributed by atoms with Crippen LogP contribution in [0.15, 0.2) is 0 Å². The van der Waals surface area contributed by atoms with Crippen molar-refractivity contribution in [2.24, 2.45) is 0 Å². The number of aliphatic hydroxyl groups is 1. The minimum absolute atomic E-state index is 0.0973. The highest BCUT2D eigenvalue weighted by Gasteiger charge is 1.90. The van der Waals surface area contributed by atoms with E-state index >= 15 is 0 Å². The number of rotatable bonds is 3. The van der Waals surface area contributed by atoms with Crippen LogP contribution in [0.4, 0.5) is 0 Å². The van der Waals surface area contributed by atoms with Crippen LogP contribution in [-0.2, 0) is 0 Å². The molecule has 0 radical (unpaired) electrons. The third kappa shape index (κ3) is 24.7. The van der Waals surface area contributed by atoms with E-state index in [1.807, 2.05) is 21.0 Å². The average molecular weight is 147 g/mol. The van der Waals surface area contributed by atoms with Crippen LogP contribution < -0.4 is 5.32 Å². The molecule has 0 saturated heterocycles. The van der Waals surface area contributed by atoms with Gasteiger partial charge in [-0.15, -0.1) is 0 Å². The maximum Gasteiger partial charge on any atom is 0.0512 e. The van der Waals surface area contributed by atoms with Crippen molar-refractivity contribution in [3.05, 3.63) is 0 Å². The largest absolute Gasteiger partial charge is 0.393 e. The summed E-state index contributed by atoms with van der Waals surface area (Å²) in [5.74, 6) is 0. The fraction of sp³-hybridized carbons (Fsp3) is 1.00. The molecule has 0 aliphatic carbocycles. The van der Waals surface area contributed by atoms with Gasteiger partial charge in [0.2, 0.25) is 0 Å². The third-order valence-electron chi connectivity index (χ3n) is 0.975. The lowest BCUT2D eigenvalue weighted by Gasteiger charge is -1.98. The van der Waals surface area contributed by atoms with Gasteiger partial charge in [0, 0.05) is 0 Å². The predicted molar refractivity (Wildman–Crippen MR) is 46.2 cm³/mol. The molecule has 2 heteroatoms. The Morgan fingerprint density at radius 1 is 1.40 bits per heavy atom. The zero-order chi connectivity index (χ0) is 8.41. The van der Waals surface area contributed by atoms with Crippen molar-refractivity contribution in [3.8, 4) is 0 Å². The highest BCUT2D eigenvalue weighted by molar-refractivity contribution is 4.43. The molecule has 2 N–H and O–H groups in total. The molecular weight excluding hydrogens is 126 g/mol. The molecule has 0 fully saturated rings. The highest BCUT2D eigenvalue weighted by Crippen LogP contribution is 1.97. The summed E-state index contributed by atoms with van der Waals surface area (Å²) in [6, 6.07) is 0. The van der Waals surface area contributed by atoms with E-state index in [1.165, 1.54) is 6.42 Å². The topological polar surface area (TPSA) is 32.3 Å². The molecule has 0 amide bonds. The quantitative estimate of drug-likeness (QED) is 0.632. The molecule has 1 unspecified atom stereocenters. The summed E-state index contributed by atoms with van der Waals surface area (Å²) in [5.41, 5.74) is 0. The molecule has 0 heterocycles. The Bertz CT molecular complexity index is 46.5. The van der Waals surface area contributed by atoms with Gasteiger partial charge in [0.25, 0.3) is 0 Å². The minimum atomic E-state index is -0.0973. The van der Waals surface area contributed by atoms with Crippen LogP contribution in [0.25, 0.3) is 0 Å². The molecule has 0 bridgehead atoms. The van der Waals surface area contributed by atoms with Gasteiger partial charge in [0.15, 0.2) is 0 Å². The Hall–Kier alpha value is -0.0800. The van der Waals surface area contributed by atoms with Gasteiger partial charge in [0.05, 0.1) is 6.10 Å².